The molecule has 0 spiro atoms. The lowest BCUT2D eigenvalue weighted by Gasteiger charge is -2.04. The van der Waals surface area contributed by atoms with Crippen molar-refractivity contribution < 1.29 is 4.79 Å². The Morgan fingerprint density at radius 2 is 2.17 bits per heavy atom. The summed E-state index contributed by atoms with van der Waals surface area (Å²) in [6.45, 7) is 4.06. The van der Waals surface area contributed by atoms with Crippen LogP contribution in [0.15, 0.2) is 30.5 Å². The van der Waals surface area contributed by atoms with E-state index in [0.29, 0.717) is 16.4 Å². The fraction of sp³-hybridized carbons (Fsp3) is 0.235. The molecule has 3 N–H and O–H groups in total. The molecule has 0 aliphatic rings. The Balaban J connectivity index is 1.92. The monoisotopic (exact) mass is 326 g/mol. The number of hydrogen-bond acceptors (Lipinski definition) is 5. The maximum absolute atomic E-state index is 12.5. The number of aromatic nitrogens is 2. The molecule has 0 radical (unpaired) electrons. The van der Waals surface area contributed by atoms with Gasteiger partial charge < -0.3 is 11.1 Å². The van der Waals surface area contributed by atoms with Gasteiger partial charge in [0.15, 0.2) is 0 Å². The first-order valence-corrected chi connectivity index (χ1v) is 8.32. The largest absolute Gasteiger partial charge is 0.397 e. The van der Waals surface area contributed by atoms with E-state index in [1.807, 2.05) is 31.2 Å². The molecule has 3 rings (SSSR count). The highest BCUT2D eigenvalue weighted by molar-refractivity contribution is 7.21. The van der Waals surface area contributed by atoms with Crippen molar-refractivity contribution in [1.29, 1.82) is 0 Å². The maximum Gasteiger partial charge on any atom is 0.269 e. The van der Waals surface area contributed by atoms with Crippen LogP contribution in [0.5, 0.6) is 0 Å². The van der Waals surface area contributed by atoms with Crippen LogP contribution in [0, 0.1) is 6.92 Å². The first-order valence-electron chi connectivity index (χ1n) is 7.50. The molecular formula is C17H18N4OS. The van der Waals surface area contributed by atoms with Crippen molar-refractivity contribution in [3.8, 4) is 0 Å². The minimum Gasteiger partial charge on any atom is -0.397 e. The number of anilines is 2. The van der Waals surface area contributed by atoms with E-state index >= 15 is 0 Å². The number of thiophene rings is 1. The minimum absolute atomic E-state index is 0.249. The van der Waals surface area contributed by atoms with Crippen LogP contribution in [-0.2, 0) is 6.42 Å². The number of hydrogen-bond donors (Lipinski definition) is 2. The van der Waals surface area contributed by atoms with Gasteiger partial charge in [0.25, 0.3) is 5.91 Å². The summed E-state index contributed by atoms with van der Waals surface area (Å²) in [5.74, 6) is 0.270. The molecule has 6 heteroatoms. The van der Waals surface area contributed by atoms with Gasteiger partial charge in [-0.2, -0.15) is 0 Å². The number of carbonyl (C=O) groups excluding carboxylic acids is 1. The first-order chi connectivity index (χ1) is 11.1. The van der Waals surface area contributed by atoms with Crippen LogP contribution in [0.4, 0.5) is 11.5 Å². The molecule has 5 nitrogen and oxygen atoms in total. The molecule has 0 unspecified atom stereocenters. The Bertz CT molecular complexity index is 872. The van der Waals surface area contributed by atoms with E-state index in [0.717, 1.165) is 34.3 Å². The van der Waals surface area contributed by atoms with Crippen LogP contribution in [0.25, 0.3) is 10.2 Å². The molecule has 0 aromatic carbocycles. The second-order valence-corrected chi connectivity index (χ2v) is 6.42. The summed E-state index contributed by atoms with van der Waals surface area (Å²) in [4.78, 5) is 22.5. The van der Waals surface area contributed by atoms with Gasteiger partial charge in [-0.3, -0.25) is 4.79 Å². The number of nitrogens with two attached hydrogens (primary N) is 1. The molecule has 0 aliphatic heterocycles. The summed E-state index contributed by atoms with van der Waals surface area (Å²) in [7, 11) is 0. The van der Waals surface area contributed by atoms with E-state index in [1.54, 1.807) is 6.20 Å². The lowest BCUT2D eigenvalue weighted by atomic mass is 10.2. The van der Waals surface area contributed by atoms with Gasteiger partial charge in [0, 0.05) is 17.3 Å². The van der Waals surface area contributed by atoms with Crippen molar-refractivity contribution in [2.45, 2.75) is 26.7 Å². The first kappa shape index (κ1) is 15.4. The number of pyridine rings is 2. The number of nitrogens with zero attached hydrogens (tertiary/aromatic N) is 2. The van der Waals surface area contributed by atoms with Crippen molar-refractivity contribution >= 4 is 39.0 Å². The van der Waals surface area contributed by atoms with Crippen molar-refractivity contribution in [3.05, 3.63) is 46.6 Å². The number of nitrogen functional groups attached to an aromatic ring is 1. The summed E-state index contributed by atoms with van der Waals surface area (Å²) in [5.41, 5.74) is 8.67. The third-order valence-electron chi connectivity index (χ3n) is 3.52. The summed E-state index contributed by atoms with van der Waals surface area (Å²) >= 11 is 1.32. The molecule has 118 valence electrons. The topological polar surface area (TPSA) is 80.9 Å². The smallest absolute Gasteiger partial charge is 0.269 e. The Morgan fingerprint density at radius 1 is 1.35 bits per heavy atom. The summed E-state index contributed by atoms with van der Waals surface area (Å²) in [6, 6.07) is 7.61. The zero-order valence-corrected chi connectivity index (χ0v) is 13.9. The van der Waals surface area contributed by atoms with Crippen molar-refractivity contribution in [2.24, 2.45) is 0 Å². The zero-order valence-electron chi connectivity index (χ0n) is 13.1. The van der Waals surface area contributed by atoms with E-state index in [1.165, 1.54) is 11.3 Å². The maximum atomic E-state index is 12.5. The fourth-order valence-corrected chi connectivity index (χ4v) is 3.38. The number of rotatable bonds is 4. The molecule has 3 aromatic rings. The van der Waals surface area contributed by atoms with Crippen molar-refractivity contribution in [2.75, 3.05) is 11.1 Å². The van der Waals surface area contributed by atoms with Crippen molar-refractivity contribution in [3.63, 3.8) is 0 Å². The second-order valence-electron chi connectivity index (χ2n) is 5.42. The van der Waals surface area contributed by atoms with Gasteiger partial charge in [-0.25, -0.2) is 9.97 Å². The van der Waals surface area contributed by atoms with E-state index in [4.69, 9.17) is 5.73 Å². The normalized spacial score (nSPS) is 10.9. The Morgan fingerprint density at radius 3 is 2.91 bits per heavy atom. The Kier molecular flexibility index (Phi) is 4.25. The van der Waals surface area contributed by atoms with Crippen LogP contribution >= 0.6 is 11.3 Å². The Hall–Kier alpha value is -2.47. The van der Waals surface area contributed by atoms with Gasteiger partial charge in [0.1, 0.15) is 15.5 Å². The lowest BCUT2D eigenvalue weighted by molar-refractivity contribution is 0.103. The third-order valence-corrected chi connectivity index (χ3v) is 4.63. The second kappa shape index (κ2) is 6.34. The van der Waals surface area contributed by atoms with Crippen LogP contribution in [0.1, 0.15) is 34.3 Å². The number of carbonyl (C=O) groups is 1. The summed E-state index contributed by atoms with van der Waals surface area (Å²) < 4.78 is 0. The standard InChI is InChI=1S/C17H18N4OS/c1-3-4-11-5-6-12-14(18)15(23-17(12)20-11)16(22)21-13-9-10(2)7-8-19-13/h5-9H,3-4,18H2,1-2H3,(H,19,21,22). The van der Waals surface area contributed by atoms with Gasteiger partial charge in [0.2, 0.25) is 0 Å². The molecule has 23 heavy (non-hydrogen) atoms. The molecule has 0 fully saturated rings. The highest BCUT2D eigenvalue weighted by Gasteiger charge is 2.18. The van der Waals surface area contributed by atoms with Gasteiger partial charge >= 0.3 is 0 Å². The van der Waals surface area contributed by atoms with E-state index in [-0.39, 0.29) is 5.91 Å². The molecule has 1 amide bonds. The van der Waals surface area contributed by atoms with E-state index in [9.17, 15) is 4.79 Å². The fourth-order valence-electron chi connectivity index (χ4n) is 2.38. The van der Waals surface area contributed by atoms with E-state index in [2.05, 4.69) is 22.2 Å². The van der Waals surface area contributed by atoms with E-state index < -0.39 is 0 Å². The number of amides is 1. The molecule has 3 heterocycles. The molecule has 3 aromatic heterocycles. The average Bonchev–Trinajstić information content (AvgIpc) is 2.84. The predicted octanol–water partition coefficient (Wildman–Crippen LogP) is 3.79. The molecule has 0 saturated carbocycles. The number of aryl methyl sites for hydroxylation is 2. The summed E-state index contributed by atoms with van der Waals surface area (Å²) in [6.07, 6.45) is 3.62. The molecule has 0 atom stereocenters. The highest BCUT2D eigenvalue weighted by atomic mass is 32.1. The van der Waals surface area contributed by atoms with Crippen LogP contribution in [0.3, 0.4) is 0 Å². The molecule has 0 bridgehead atoms. The molecule has 0 aliphatic carbocycles. The molecular weight excluding hydrogens is 308 g/mol. The minimum atomic E-state index is -0.249. The van der Waals surface area contributed by atoms with Crippen molar-refractivity contribution in [1.82, 2.24) is 9.97 Å². The summed E-state index contributed by atoms with van der Waals surface area (Å²) in [5, 5.41) is 3.62. The van der Waals surface area contributed by atoms with Gasteiger partial charge in [0.05, 0.1) is 5.69 Å². The lowest BCUT2D eigenvalue weighted by Crippen LogP contribution is -2.13. The van der Waals surface area contributed by atoms with Crippen LogP contribution < -0.4 is 11.1 Å². The van der Waals surface area contributed by atoms with Gasteiger partial charge in [-0.1, -0.05) is 13.3 Å². The predicted molar refractivity (Wildman–Crippen MR) is 95.0 cm³/mol. The number of nitrogens with one attached hydrogen (secondary N) is 1. The molecule has 0 saturated heterocycles. The Labute approximate surface area is 138 Å². The van der Waals surface area contributed by atoms with Gasteiger partial charge in [-0.05, 0) is 43.2 Å². The third kappa shape index (κ3) is 3.17. The SMILES string of the molecule is CCCc1ccc2c(N)c(C(=O)Nc3cc(C)ccn3)sc2n1. The quantitative estimate of drug-likeness (QED) is 0.764. The van der Waals surface area contributed by atoms with Gasteiger partial charge in [-0.15, -0.1) is 11.3 Å². The van der Waals surface area contributed by atoms with Crippen LogP contribution in [-0.4, -0.2) is 15.9 Å². The zero-order chi connectivity index (χ0) is 16.4. The van der Waals surface area contributed by atoms with Crippen LogP contribution in [0.2, 0.25) is 0 Å². The highest BCUT2D eigenvalue weighted by Crippen LogP contribution is 2.33. The average molecular weight is 326 g/mol. The number of fused-ring (bicyclic) bond motifs is 1.